The number of likely N-dealkylation sites (N-methyl/N-ethyl adjacent to an activating group) is 1. The molecule has 0 aromatic heterocycles. The van der Waals surface area contributed by atoms with E-state index in [-0.39, 0.29) is 0 Å². The zero-order valence-corrected chi connectivity index (χ0v) is 12.9. The molecule has 20 heavy (non-hydrogen) atoms. The van der Waals surface area contributed by atoms with Gasteiger partial charge < -0.3 is 5.32 Å². The Kier molecular flexibility index (Phi) is 4.42. The molecule has 3 unspecified atom stereocenters. The Morgan fingerprint density at radius 1 is 1.20 bits per heavy atom. The van der Waals surface area contributed by atoms with E-state index in [1.54, 1.807) is 11.1 Å². The van der Waals surface area contributed by atoms with Crippen LogP contribution in [0.4, 0.5) is 0 Å². The zero-order chi connectivity index (χ0) is 13.9. The minimum Gasteiger partial charge on any atom is -0.309 e. The number of nitrogens with one attached hydrogen (secondary N) is 1. The van der Waals surface area contributed by atoms with Gasteiger partial charge in [-0.15, -0.1) is 0 Å². The van der Waals surface area contributed by atoms with Crippen molar-refractivity contribution in [1.82, 2.24) is 10.2 Å². The molecule has 1 heterocycles. The van der Waals surface area contributed by atoms with Crippen LogP contribution in [0.5, 0.6) is 0 Å². The van der Waals surface area contributed by atoms with Gasteiger partial charge >= 0.3 is 0 Å². The predicted octanol–water partition coefficient (Wildman–Crippen LogP) is 3.53. The summed E-state index contributed by atoms with van der Waals surface area (Å²) in [5.41, 5.74) is 3.10. The van der Waals surface area contributed by atoms with Crippen LogP contribution in [-0.2, 0) is 6.42 Å². The van der Waals surface area contributed by atoms with Crippen molar-refractivity contribution in [3.63, 3.8) is 0 Å². The van der Waals surface area contributed by atoms with Gasteiger partial charge in [0.2, 0.25) is 0 Å². The van der Waals surface area contributed by atoms with Crippen LogP contribution in [0.1, 0.15) is 56.7 Å². The molecule has 1 aliphatic carbocycles. The summed E-state index contributed by atoms with van der Waals surface area (Å²) in [6.45, 7) is 6.93. The van der Waals surface area contributed by atoms with Crippen LogP contribution in [0.15, 0.2) is 24.3 Å². The molecule has 2 aliphatic rings. The third-order valence-corrected chi connectivity index (χ3v) is 5.20. The van der Waals surface area contributed by atoms with Crippen LogP contribution in [0.25, 0.3) is 0 Å². The van der Waals surface area contributed by atoms with Gasteiger partial charge in [-0.2, -0.15) is 0 Å². The molecule has 1 saturated heterocycles. The summed E-state index contributed by atoms with van der Waals surface area (Å²) in [5, 5.41) is 3.75. The Bertz CT molecular complexity index is 443. The maximum absolute atomic E-state index is 3.75. The molecule has 3 atom stereocenters. The Balaban J connectivity index is 1.85. The van der Waals surface area contributed by atoms with Crippen molar-refractivity contribution in [3.8, 4) is 0 Å². The second-order valence-electron chi connectivity index (χ2n) is 6.30. The number of benzene rings is 1. The lowest BCUT2D eigenvalue weighted by Gasteiger charge is -2.42. The topological polar surface area (TPSA) is 15.3 Å². The minimum absolute atomic E-state index is 0.531. The van der Waals surface area contributed by atoms with Gasteiger partial charge in [0.15, 0.2) is 0 Å². The van der Waals surface area contributed by atoms with E-state index in [2.05, 4.69) is 48.3 Å². The highest BCUT2D eigenvalue weighted by Crippen LogP contribution is 2.37. The van der Waals surface area contributed by atoms with Crippen molar-refractivity contribution >= 4 is 0 Å². The summed E-state index contributed by atoms with van der Waals surface area (Å²) in [4.78, 5) is 2.82. The second-order valence-corrected chi connectivity index (χ2v) is 6.30. The maximum Gasteiger partial charge on any atom is 0.0484 e. The Morgan fingerprint density at radius 2 is 2.05 bits per heavy atom. The van der Waals surface area contributed by atoms with E-state index < -0.39 is 0 Å². The zero-order valence-electron chi connectivity index (χ0n) is 12.9. The van der Waals surface area contributed by atoms with Crippen molar-refractivity contribution in [2.75, 3.05) is 13.1 Å². The van der Waals surface area contributed by atoms with Crippen molar-refractivity contribution in [3.05, 3.63) is 35.4 Å². The number of nitrogens with zero attached hydrogens (tertiary/aromatic N) is 1. The summed E-state index contributed by atoms with van der Waals surface area (Å²) in [7, 11) is 0. The number of hydrogen-bond acceptors (Lipinski definition) is 2. The average Bonchev–Trinajstić information content (AvgIpc) is 2.86. The molecule has 3 rings (SSSR count). The highest BCUT2D eigenvalue weighted by atomic mass is 15.2. The second kappa shape index (κ2) is 6.28. The first-order chi connectivity index (χ1) is 9.85. The Hall–Kier alpha value is -0.860. The van der Waals surface area contributed by atoms with Gasteiger partial charge in [0, 0.05) is 18.1 Å². The lowest BCUT2D eigenvalue weighted by molar-refractivity contribution is 0.0761. The summed E-state index contributed by atoms with van der Waals surface area (Å²) in [6.07, 6.45) is 6.71. The van der Waals surface area contributed by atoms with Crippen molar-refractivity contribution in [2.24, 2.45) is 0 Å². The van der Waals surface area contributed by atoms with E-state index in [0.717, 1.165) is 12.6 Å². The predicted molar refractivity (Wildman–Crippen MR) is 85.0 cm³/mol. The normalized spacial score (nSPS) is 30.4. The van der Waals surface area contributed by atoms with Gasteiger partial charge in [-0.3, -0.25) is 4.90 Å². The fraction of sp³-hybridized carbons (Fsp3) is 0.667. The Morgan fingerprint density at radius 3 is 2.85 bits per heavy atom. The summed E-state index contributed by atoms with van der Waals surface area (Å²) < 4.78 is 0. The first kappa shape index (κ1) is 14.1. The van der Waals surface area contributed by atoms with Crippen LogP contribution in [-0.4, -0.2) is 30.1 Å². The molecule has 1 aromatic carbocycles. The molecule has 1 aromatic rings. The minimum atomic E-state index is 0.531. The van der Waals surface area contributed by atoms with Crippen LogP contribution in [0.2, 0.25) is 0 Å². The molecule has 0 amide bonds. The molecule has 110 valence electrons. The SMILES string of the molecule is CCNC1c2ccccc2CC1N1CCCCC1CC. The maximum atomic E-state index is 3.75. The smallest absolute Gasteiger partial charge is 0.0484 e. The standard InChI is InChI=1S/C18H28N2/c1-3-15-10-7-8-12-20(15)17-13-14-9-5-6-11-16(14)18(17)19-4-2/h5-6,9,11,15,17-19H,3-4,7-8,10,12-13H2,1-2H3. The molecule has 0 bridgehead atoms. The van der Waals surface area contributed by atoms with Crippen molar-refractivity contribution in [1.29, 1.82) is 0 Å². The largest absolute Gasteiger partial charge is 0.309 e. The highest BCUT2D eigenvalue weighted by Gasteiger charge is 2.38. The molecule has 0 radical (unpaired) electrons. The summed E-state index contributed by atoms with van der Waals surface area (Å²) in [6, 6.07) is 11.0. The molecule has 0 spiro atoms. The van der Waals surface area contributed by atoms with Gasteiger partial charge in [-0.05, 0) is 49.9 Å². The van der Waals surface area contributed by atoms with Crippen molar-refractivity contribution < 1.29 is 0 Å². The molecule has 1 N–H and O–H groups in total. The first-order valence-electron chi connectivity index (χ1n) is 8.42. The van der Waals surface area contributed by atoms with Crippen LogP contribution < -0.4 is 5.32 Å². The van der Waals surface area contributed by atoms with E-state index in [4.69, 9.17) is 0 Å². The van der Waals surface area contributed by atoms with Gasteiger partial charge in [0.05, 0.1) is 0 Å². The third kappa shape index (κ3) is 2.51. The Labute approximate surface area is 123 Å². The van der Waals surface area contributed by atoms with E-state index >= 15 is 0 Å². The molecule has 1 aliphatic heterocycles. The van der Waals surface area contributed by atoms with Crippen LogP contribution >= 0.6 is 0 Å². The molecule has 2 nitrogen and oxygen atoms in total. The lowest BCUT2D eigenvalue weighted by Crippen LogP contribution is -2.50. The molecule has 1 fully saturated rings. The van der Waals surface area contributed by atoms with E-state index in [1.165, 1.54) is 38.6 Å². The molecular weight excluding hydrogens is 244 g/mol. The molecule has 0 saturated carbocycles. The number of rotatable bonds is 4. The van der Waals surface area contributed by atoms with E-state index in [9.17, 15) is 0 Å². The van der Waals surface area contributed by atoms with Gasteiger partial charge in [-0.1, -0.05) is 44.5 Å². The lowest BCUT2D eigenvalue weighted by atomic mass is 9.95. The fourth-order valence-electron chi connectivity index (χ4n) is 4.25. The summed E-state index contributed by atoms with van der Waals surface area (Å²) >= 11 is 0. The highest BCUT2D eigenvalue weighted by molar-refractivity contribution is 5.37. The third-order valence-electron chi connectivity index (χ3n) is 5.20. The van der Waals surface area contributed by atoms with E-state index in [1.807, 2.05) is 0 Å². The first-order valence-corrected chi connectivity index (χ1v) is 8.42. The average molecular weight is 272 g/mol. The number of piperidine rings is 1. The van der Waals surface area contributed by atoms with Crippen LogP contribution in [0, 0.1) is 0 Å². The van der Waals surface area contributed by atoms with Crippen molar-refractivity contribution in [2.45, 2.75) is 64.1 Å². The fourth-order valence-corrected chi connectivity index (χ4v) is 4.25. The number of likely N-dealkylation sites (tertiary alicyclic amines) is 1. The molecular formula is C18H28N2. The van der Waals surface area contributed by atoms with Gasteiger partial charge in [-0.25, -0.2) is 0 Å². The molecule has 2 heteroatoms. The van der Waals surface area contributed by atoms with E-state index in [0.29, 0.717) is 12.1 Å². The van der Waals surface area contributed by atoms with Crippen LogP contribution in [0.3, 0.4) is 0 Å². The quantitative estimate of drug-likeness (QED) is 0.902. The number of hydrogen-bond donors (Lipinski definition) is 1. The van der Waals surface area contributed by atoms with Gasteiger partial charge in [0.1, 0.15) is 0 Å². The van der Waals surface area contributed by atoms with Gasteiger partial charge in [0.25, 0.3) is 0 Å². The summed E-state index contributed by atoms with van der Waals surface area (Å²) in [5.74, 6) is 0. The number of fused-ring (bicyclic) bond motifs is 1. The monoisotopic (exact) mass is 272 g/mol.